The summed E-state index contributed by atoms with van der Waals surface area (Å²) in [4.78, 5) is 24.7. The highest BCUT2D eigenvalue weighted by Crippen LogP contribution is 2.30. The smallest absolute Gasteiger partial charge is 0.227 e. The Kier molecular flexibility index (Phi) is 6.00. The van der Waals surface area contributed by atoms with Crippen LogP contribution < -0.4 is 10.6 Å². The SMILES string of the molecule is O=C(NCc1ccccc1)C1CCC(C(=O)Nc2cccc(F)c2)CC1. The molecule has 1 aliphatic rings. The lowest BCUT2D eigenvalue weighted by atomic mass is 9.81. The average molecular weight is 354 g/mol. The summed E-state index contributed by atoms with van der Waals surface area (Å²) in [5.74, 6) is -0.591. The van der Waals surface area contributed by atoms with E-state index in [1.54, 1.807) is 12.1 Å². The highest BCUT2D eigenvalue weighted by molar-refractivity contribution is 5.92. The second kappa shape index (κ2) is 8.61. The molecule has 0 unspecified atom stereocenters. The molecule has 1 aliphatic carbocycles. The molecule has 136 valence electrons. The Morgan fingerprint density at radius 3 is 2.19 bits per heavy atom. The molecule has 1 fully saturated rings. The van der Waals surface area contributed by atoms with Crippen molar-refractivity contribution in [2.24, 2.45) is 11.8 Å². The van der Waals surface area contributed by atoms with Crippen LogP contribution in [-0.2, 0) is 16.1 Å². The fraction of sp³-hybridized carbons (Fsp3) is 0.333. The first-order valence-electron chi connectivity index (χ1n) is 9.00. The summed E-state index contributed by atoms with van der Waals surface area (Å²) in [6.45, 7) is 0.527. The first-order valence-corrected chi connectivity index (χ1v) is 9.00. The van der Waals surface area contributed by atoms with E-state index < -0.39 is 0 Å². The lowest BCUT2D eigenvalue weighted by molar-refractivity contribution is -0.128. The number of hydrogen-bond acceptors (Lipinski definition) is 2. The van der Waals surface area contributed by atoms with Crippen LogP contribution in [0.1, 0.15) is 31.2 Å². The molecule has 0 aliphatic heterocycles. The zero-order valence-corrected chi connectivity index (χ0v) is 14.6. The fourth-order valence-electron chi connectivity index (χ4n) is 3.36. The van der Waals surface area contributed by atoms with Crippen LogP contribution in [0, 0.1) is 17.7 Å². The van der Waals surface area contributed by atoms with E-state index in [1.165, 1.54) is 12.1 Å². The van der Waals surface area contributed by atoms with Crippen molar-refractivity contribution in [1.82, 2.24) is 5.32 Å². The molecule has 26 heavy (non-hydrogen) atoms. The van der Waals surface area contributed by atoms with E-state index in [0.29, 0.717) is 37.9 Å². The summed E-state index contributed by atoms with van der Waals surface area (Å²) in [7, 11) is 0. The largest absolute Gasteiger partial charge is 0.352 e. The highest BCUT2D eigenvalue weighted by Gasteiger charge is 2.29. The Morgan fingerprint density at radius 1 is 0.885 bits per heavy atom. The van der Waals surface area contributed by atoms with Gasteiger partial charge < -0.3 is 10.6 Å². The Labute approximate surface area is 152 Å². The maximum atomic E-state index is 13.2. The highest BCUT2D eigenvalue weighted by atomic mass is 19.1. The monoisotopic (exact) mass is 354 g/mol. The van der Waals surface area contributed by atoms with Crippen molar-refractivity contribution in [2.75, 3.05) is 5.32 Å². The summed E-state index contributed by atoms with van der Waals surface area (Å²) in [6.07, 6.45) is 2.73. The molecule has 0 spiro atoms. The van der Waals surface area contributed by atoms with Gasteiger partial charge in [-0.3, -0.25) is 9.59 Å². The molecular weight excluding hydrogens is 331 g/mol. The minimum Gasteiger partial charge on any atom is -0.352 e. The van der Waals surface area contributed by atoms with Crippen LogP contribution in [0.25, 0.3) is 0 Å². The second-order valence-corrected chi connectivity index (χ2v) is 6.75. The normalized spacial score (nSPS) is 19.6. The maximum Gasteiger partial charge on any atom is 0.227 e. The summed E-state index contributed by atoms with van der Waals surface area (Å²) < 4.78 is 13.2. The molecule has 2 aromatic rings. The Hall–Kier alpha value is -2.69. The van der Waals surface area contributed by atoms with Crippen LogP contribution in [0.15, 0.2) is 54.6 Å². The van der Waals surface area contributed by atoms with Gasteiger partial charge in [0.15, 0.2) is 0 Å². The first kappa shape index (κ1) is 18.1. The third kappa shape index (κ3) is 4.91. The fourth-order valence-corrected chi connectivity index (χ4v) is 3.36. The molecule has 4 nitrogen and oxygen atoms in total. The van der Waals surface area contributed by atoms with E-state index >= 15 is 0 Å². The summed E-state index contributed by atoms with van der Waals surface area (Å²) in [5.41, 5.74) is 1.54. The molecule has 0 heterocycles. The number of halogens is 1. The number of anilines is 1. The molecule has 2 aromatic carbocycles. The molecule has 2 N–H and O–H groups in total. The zero-order valence-electron chi connectivity index (χ0n) is 14.6. The van der Waals surface area contributed by atoms with Crippen molar-refractivity contribution in [2.45, 2.75) is 32.2 Å². The minimum absolute atomic E-state index is 0.0445. The van der Waals surface area contributed by atoms with Crippen LogP contribution in [-0.4, -0.2) is 11.8 Å². The van der Waals surface area contributed by atoms with E-state index in [-0.39, 0.29) is 29.5 Å². The van der Waals surface area contributed by atoms with E-state index in [9.17, 15) is 14.0 Å². The lowest BCUT2D eigenvalue weighted by Crippen LogP contribution is -2.35. The molecule has 0 atom stereocenters. The molecule has 2 amide bonds. The summed E-state index contributed by atoms with van der Waals surface area (Å²) in [6, 6.07) is 15.7. The van der Waals surface area contributed by atoms with Gasteiger partial charge in [-0.15, -0.1) is 0 Å². The minimum atomic E-state index is -0.374. The van der Waals surface area contributed by atoms with Crippen molar-refractivity contribution >= 4 is 17.5 Å². The van der Waals surface area contributed by atoms with Crippen molar-refractivity contribution in [3.05, 3.63) is 66.0 Å². The van der Waals surface area contributed by atoms with Crippen LogP contribution >= 0.6 is 0 Å². The Balaban J connectivity index is 1.44. The number of benzene rings is 2. The van der Waals surface area contributed by atoms with Gasteiger partial charge in [0.05, 0.1) is 0 Å². The molecular formula is C21H23FN2O2. The number of nitrogens with one attached hydrogen (secondary N) is 2. The van der Waals surface area contributed by atoms with Crippen molar-refractivity contribution < 1.29 is 14.0 Å². The first-order chi connectivity index (χ1) is 12.6. The van der Waals surface area contributed by atoms with Gasteiger partial charge in [0.1, 0.15) is 5.82 Å². The van der Waals surface area contributed by atoms with Gasteiger partial charge in [0, 0.05) is 24.1 Å². The molecule has 0 saturated heterocycles. The zero-order chi connectivity index (χ0) is 18.4. The number of rotatable bonds is 5. The van der Waals surface area contributed by atoms with Crippen LogP contribution in [0.3, 0.4) is 0 Å². The molecule has 0 bridgehead atoms. The standard InChI is InChI=1S/C21H23FN2O2/c22-18-7-4-8-19(13-18)24-21(26)17-11-9-16(10-12-17)20(25)23-14-15-5-2-1-3-6-15/h1-8,13,16-17H,9-12,14H2,(H,23,25)(H,24,26). The van der Waals surface area contributed by atoms with Gasteiger partial charge in [0.25, 0.3) is 0 Å². The van der Waals surface area contributed by atoms with Gasteiger partial charge in [-0.05, 0) is 49.4 Å². The van der Waals surface area contributed by atoms with E-state index in [2.05, 4.69) is 10.6 Å². The van der Waals surface area contributed by atoms with E-state index in [1.807, 2.05) is 30.3 Å². The van der Waals surface area contributed by atoms with Gasteiger partial charge in [-0.25, -0.2) is 4.39 Å². The maximum absolute atomic E-state index is 13.2. The third-order valence-corrected chi connectivity index (χ3v) is 4.87. The molecule has 0 radical (unpaired) electrons. The number of carbonyl (C=O) groups excluding carboxylic acids is 2. The average Bonchev–Trinajstić information content (AvgIpc) is 2.67. The van der Waals surface area contributed by atoms with E-state index in [4.69, 9.17) is 0 Å². The molecule has 1 saturated carbocycles. The van der Waals surface area contributed by atoms with Crippen molar-refractivity contribution in [3.8, 4) is 0 Å². The predicted octanol–water partition coefficient (Wildman–Crippen LogP) is 3.89. The molecule has 0 aromatic heterocycles. The Bertz CT molecular complexity index is 756. The third-order valence-electron chi connectivity index (χ3n) is 4.87. The van der Waals surface area contributed by atoms with Crippen LogP contribution in [0.4, 0.5) is 10.1 Å². The Morgan fingerprint density at radius 2 is 1.54 bits per heavy atom. The van der Waals surface area contributed by atoms with Gasteiger partial charge >= 0.3 is 0 Å². The number of hydrogen-bond donors (Lipinski definition) is 2. The molecule has 3 rings (SSSR count). The van der Waals surface area contributed by atoms with Crippen LogP contribution in [0.2, 0.25) is 0 Å². The van der Waals surface area contributed by atoms with E-state index in [0.717, 1.165) is 5.56 Å². The predicted molar refractivity (Wildman–Crippen MR) is 98.8 cm³/mol. The number of carbonyl (C=O) groups is 2. The van der Waals surface area contributed by atoms with Gasteiger partial charge in [-0.1, -0.05) is 36.4 Å². The summed E-state index contributed by atoms with van der Waals surface area (Å²) in [5, 5.41) is 5.74. The van der Waals surface area contributed by atoms with Gasteiger partial charge in [-0.2, -0.15) is 0 Å². The van der Waals surface area contributed by atoms with Crippen molar-refractivity contribution in [1.29, 1.82) is 0 Å². The topological polar surface area (TPSA) is 58.2 Å². The van der Waals surface area contributed by atoms with Crippen LogP contribution in [0.5, 0.6) is 0 Å². The van der Waals surface area contributed by atoms with Crippen molar-refractivity contribution in [3.63, 3.8) is 0 Å². The van der Waals surface area contributed by atoms with Gasteiger partial charge in [0.2, 0.25) is 11.8 Å². The second-order valence-electron chi connectivity index (χ2n) is 6.75. The number of amides is 2. The lowest BCUT2D eigenvalue weighted by Gasteiger charge is -2.27. The molecule has 5 heteroatoms. The summed E-state index contributed by atoms with van der Waals surface area (Å²) >= 11 is 0. The quantitative estimate of drug-likeness (QED) is 0.856.